The smallest absolute Gasteiger partial charge is 0.254 e. The average molecular weight is 344 g/mol. The van der Waals surface area contributed by atoms with E-state index in [1.807, 2.05) is 42.3 Å². The molecule has 1 amide bonds. The van der Waals surface area contributed by atoms with Crippen LogP contribution in [-0.2, 0) is 19.3 Å². The zero-order valence-corrected chi connectivity index (χ0v) is 15.2. The van der Waals surface area contributed by atoms with Crippen molar-refractivity contribution < 1.29 is 4.79 Å². The molecule has 2 aromatic carbocycles. The lowest BCUT2D eigenvalue weighted by atomic mass is 10.00. The third-order valence-electron chi connectivity index (χ3n) is 5.28. The van der Waals surface area contributed by atoms with Crippen LogP contribution in [0.3, 0.4) is 0 Å². The lowest BCUT2D eigenvalue weighted by Gasteiger charge is -2.20. The molecule has 0 atom stereocenters. The van der Waals surface area contributed by atoms with Crippen molar-refractivity contribution in [2.24, 2.45) is 0 Å². The highest BCUT2D eigenvalue weighted by Gasteiger charge is 2.25. The van der Waals surface area contributed by atoms with Gasteiger partial charge >= 0.3 is 0 Å². The van der Waals surface area contributed by atoms with Gasteiger partial charge in [0, 0.05) is 24.7 Å². The fourth-order valence-corrected chi connectivity index (χ4v) is 3.91. The Bertz CT molecular complexity index is 934. The summed E-state index contributed by atoms with van der Waals surface area (Å²) >= 11 is 0. The first-order valence-corrected chi connectivity index (χ1v) is 9.44. The highest BCUT2D eigenvalue weighted by molar-refractivity contribution is 6.07. The first-order valence-electron chi connectivity index (χ1n) is 9.44. The summed E-state index contributed by atoms with van der Waals surface area (Å²) in [6.45, 7) is 0.763. The van der Waals surface area contributed by atoms with Crippen LogP contribution in [0.4, 0.5) is 0 Å². The molecule has 132 valence electrons. The van der Waals surface area contributed by atoms with Crippen molar-refractivity contribution in [3.8, 4) is 0 Å². The van der Waals surface area contributed by atoms with E-state index in [2.05, 4.69) is 24.3 Å². The largest absolute Gasteiger partial charge is 0.342 e. The lowest BCUT2D eigenvalue weighted by Crippen LogP contribution is -2.29. The lowest BCUT2D eigenvalue weighted by molar-refractivity contribution is 0.0794. The molecular weight excluding hydrogens is 320 g/mol. The minimum atomic E-state index is 0.134. The van der Waals surface area contributed by atoms with Crippen molar-refractivity contribution in [2.45, 2.75) is 32.1 Å². The molecule has 3 nitrogen and oxygen atoms in total. The summed E-state index contributed by atoms with van der Waals surface area (Å²) < 4.78 is 0. The number of pyridine rings is 1. The van der Waals surface area contributed by atoms with Gasteiger partial charge in [-0.05, 0) is 49.3 Å². The van der Waals surface area contributed by atoms with E-state index in [1.165, 1.54) is 11.1 Å². The molecule has 3 heteroatoms. The maximum Gasteiger partial charge on any atom is 0.254 e. The number of carbonyl (C=O) groups excluding carboxylic acids is 1. The molecule has 4 rings (SSSR count). The molecule has 3 aromatic rings. The van der Waals surface area contributed by atoms with Crippen LogP contribution in [0.5, 0.6) is 0 Å². The highest BCUT2D eigenvalue weighted by atomic mass is 16.2. The molecule has 0 radical (unpaired) electrons. The van der Waals surface area contributed by atoms with E-state index in [0.717, 1.165) is 60.8 Å². The second-order valence-electron chi connectivity index (χ2n) is 7.10. The van der Waals surface area contributed by atoms with Crippen LogP contribution in [0.25, 0.3) is 10.9 Å². The first-order chi connectivity index (χ1) is 12.7. The highest BCUT2D eigenvalue weighted by Crippen LogP contribution is 2.30. The number of fused-ring (bicyclic) bond motifs is 2. The maximum atomic E-state index is 13.3. The molecule has 0 saturated heterocycles. The summed E-state index contributed by atoms with van der Waals surface area (Å²) in [6, 6.07) is 18.5. The first kappa shape index (κ1) is 16.8. The van der Waals surface area contributed by atoms with Gasteiger partial charge in [0.1, 0.15) is 0 Å². The minimum Gasteiger partial charge on any atom is -0.342 e. The van der Waals surface area contributed by atoms with E-state index < -0.39 is 0 Å². The van der Waals surface area contributed by atoms with Crippen LogP contribution in [0.15, 0.2) is 54.6 Å². The topological polar surface area (TPSA) is 33.2 Å². The van der Waals surface area contributed by atoms with Gasteiger partial charge in [0.05, 0.1) is 11.1 Å². The average Bonchev–Trinajstić information content (AvgIpc) is 3.14. The Morgan fingerprint density at radius 2 is 1.81 bits per heavy atom. The number of hydrogen-bond donors (Lipinski definition) is 0. The molecule has 1 aliphatic rings. The maximum absolute atomic E-state index is 13.3. The third kappa shape index (κ3) is 3.22. The summed E-state index contributed by atoms with van der Waals surface area (Å²) in [5, 5.41) is 0.994. The van der Waals surface area contributed by atoms with Crippen molar-refractivity contribution >= 4 is 16.8 Å². The Morgan fingerprint density at radius 1 is 1.04 bits per heavy atom. The van der Waals surface area contributed by atoms with E-state index >= 15 is 0 Å². The molecule has 26 heavy (non-hydrogen) atoms. The van der Waals surface area contributed by atoms with Crippen molar-refractivity contribution in [1.29, 1.82) is 0 Å². The van der Waals surface area contributed by atoms with Crippen LogP contribution in [0, 0.1) is 0 Å². The van der Waals surface area contributed by atoms with Gasteiger partial charge in [-0.2, -0.15) is 0 Å². The van der Waals surface area contributed by atoms with Crippen LogP contribution in [0.1, 0.15) is 40.0 Å². The Balaban J connectivity index is 1.56. The van der Waals surface area contributed by atoms with Crippen LogP contribution >= 0.6 is 0 Å². The molecule has 1 aliphatic carbocycles. The van der Waals surface area contributed by atoms with Crippen molar-refractivity contribution in [3.63, 3.8) is 0 Å². The zero-order valence-electron chi connectivity index (χ0n) is 15.2. The Kier molecular flexibility index (Phi) is 4.70. The van der Waals surface area contributed by atoms with Gasteiger partial charge in [0.2, 0.25) is 0 Å². The number of aromatic nitrogens is 1. The van der Waals surface area contributed by atoms with Crippen LogP contribution in [-0.4, -0.2) is 29.4 Å². The fourth-order valence-electron chi connectivity index (χ4n) is 3.91. The van der Waals surface area contributed by atoms with E-state index in [-0.39, 0.29) is 5.91 Å². The number of carbonyl (C=O) groups is 1. The number of hydrogen-bond acceptors (Lipinski definition) is 2. The van der Waals surface area contributed by atoms with Gasteiger partial charge in [-0.25, -0.2) is 0 Å². The van der Waals surface area contributed by atoms with Crippen LogP contribution < -0.4 is 0 Å². The number of nitrogens with zero attached hydrogens (tertiary/aromatic N) is 2. The van der Waals surface area contributed by atoms with Gasteiger partial charge in [0.15, 0.2) is 0 Å². The van der Waals surface area contributed by atoms with Crippen molar-refractivity contribution in [2.75, 3.05) is 13.6 Å². The SMILES string of the molecule is CN(CCCc1ccccc1)C(=O)c1c2c(nc3ccccc13)CCC2. The van der Waals surface area contributed by atoms with Gasteiger partial charge in [-0.15, -0.1) is 0 Å². The summed E-state index contributed by atoms with van der Waals surface area (Å²) in [4.78, 5) is 19.9. The minimum absolute atomic E-state index is 0.134. The van der Waals surface area contributed by atoms with E-state index in [1.54, 1.807) is 0 Å². The monoisotopic (exact) mass is 344 g/mol. The van der Waals surface area contributed by atoms with Crippen LogP contribution in [0.2, 0.25) is 0 Å². The van der Waals surface area contributed by atoms with Gasteiger partial charge in [-0.3, -0.25) is 9.78 Å². The molecule has 1 heterocycles. The molecule has 1 aromatic heterocycles. The number of para-hydroxylation sites is 1. The van der Waals surface area contributed by atoms with Crippen molar-refractivity contribution in [3.05, 3.63) is 77.0 Å². The van der Waals surface area contributed by atoms with E-state index in [4.69, 9.17) is 4.98 Å². The number of aryl methyl sites for hydroxylation is 2. The molecular formula is C23H24N2O. The Hall–Kier alpha value is -2.68. The molecule has 0 N–H and O–H groups in total. The second kappa shape index (κ2) is 7.28. The van der Waals surface area contributed by atoms with E-state index in [9.17, 15) is 4.79 Å². The molecule has 0 aliphatic heterocycles. The zero-order chi connectivity index (χ0) is 17.9. The summed E-state index contributed by atoms with van der Waals surface area (Å²) in [6.07, 6.45) is 5.01. The normalized spacial score (nSPS) is 13.0. The standard InChI is InChI=1S/C23H24N2O/c1-25(16-8-11-17-9-3-2-4-10-17)23(26)22-18-12-5-6-14-20(18)24-21-15-7-13-19(21)22/h2-6,9-10,12,14H,7-8,11,13,15-16H2,1H3. The molecule has 0 fully saturated rings. The Labute approximate surface area is 154 Å². The number of amides is 1. The molecule has 0 unspecified atom stereocenters. The molecule has 0 saturated carbocycles. The summed E-state index contributed by atoms with van der Waals surface area (Å²) in [5.74, 6) is 0.134. The summed E-state index contributed by atoms with van der Waals surface area (Å²) in [7, 11) is 1.92. The Morgan fingerprint density at radius 3 is 2.65 bits per heavy atom. The number of benzene rings is 2. The van der Waals surface area contributed by atoms with Crippen molar-refractivity contribution in [1.82, 2.24) is 9.88 Å². The fraction of sp³-hybridized carbons (Fsp3) is 0.304. The van der Waals surface area contributed by atoms with Gasteiger partial charge < -0.3 is 4.90 Å². The predicted octanol–water partition coefficient (Wildman–Crippen LogP) is 4.43. The summed E-state index contributed by atoms with van der Waals surface area (Å²) in [5.41, 5.74) is 5.43. The quantitative estimate of drug-likeness (QED) is 0.686. The van der Waals surface area contributed by atoms with Gasteiger partial charge in [0.25, 0.3) is 5.91 Å². The molecule has 0 spiro atoms. The third-order valence-corrected chi connectivity index (χ3v) is 5.28. The predicted molar refractivity (Wildman–Crippen MR) is 105 cm³/mol. The molecule has 0 bridgehead atoms. The van der Waals surface area contributed by atoms with E-state index in [0.29, 0.717) is 0 Å². The number of rotatable bonds is 5. The second-order valence-corrected chi connectivity index (χ2v) is 7.10. The van der Waals surface area contributed by atoms with Gasteiger partial charge in [-0.1, -0.05) is 48.5 Å².